The molecule has 0 atom stereocenters. The van der Waals surface area contributed by atoms with Gasteiger partial charge in [-0.15, -0.1) is 11.3 Å². The Kier molecular flexibility index (Phi) is 4.57. The highest BCUT2D eigenvalue weighted by atomic mass is 32.1. The van der Waals surface area contributed by atoms with Crippen LogP contribution in [0.1, 0.15) is 26.4 Å². The quantitative estimate of drug-likeness (QED) is 0.527. The van der Waals surface area contributed by atoms with Crippen LogP contribution in [0.15, 0.2) is 53.3 Å². The smallest absolute Gasteiger partial charge is 0.266 e. The number of H-pyrrole nitrogens is 1. The van der Waals surface area contributed by atoms with Gasteiger partial charge in [-0.25, -0.2) is 4.98 Å². The van der Waals surface area contributed by atoms with Crippen LogP contribution in [0.3, 0.4) is 0 Å². The molecule has 0 saturated heterocycles. The van der Waals surface area contributed by atoms with Gasteiger partial charge >= 0.3 is 0 Å². The van der Waals surface area contributed by atoms with Crippen LogP contribution >= 0.6 is 11.3 Å². The molecule has 0 fully saturated rings. The van der Waals surface area contributed by atoms with E-state index < -0.39 is 0 Å². The Morgan fingerprint density at radius 3 is 2.46 bits per heavy atom. The molecule has 0 saturated carbocycles. The van der Waals surface area contributed by atoms with Gasteiger partial charge in [0.2, 0.25) is 0 Å². The van der Waals surface area contributed by atoms with Gasteiger partial charge in [0.25, 0.3) is 11.5 Å². The van der Waals surface area contributed by atoms with Gasteiger partial charge in [0, 0.05) is 11.3 Å². The molecule has 6 heteroatoms. The zero-order chi connectivity index (χ0) is 19.8. The van der Waals surface area contributed by atoms with E-state index >= 15 is 0 Å². The van der Waals surface area contributed by atoms with Crippen LogP contribution in [-0.2, 0) is 0 Å². The Balaban J connectivity index is 1.77. The van der Waals surface area contributed by atoms with Gasteiger partial charge in [0.15, 0.2) is 0 Å². The SMILES string of the molecule is Cc1ccc(-c2nc3sc(C(=O)Nc4ccccc4C)c(C)c3c(=O)[nH]2)cc1. The van der Waals surface area contributed by atoms with Gasteiger partial charge in [-0.05, 0) is 38.0 Å². The third kappa shape index (κ3) is 3.23. The minimum absolute atomic E-state index is 0.230. The van der Waals surface area contributed by atoms with Crippen molar-refractivity contribution in [3.05, 3.63) is 80.5 Å². The molecule has 1 amide bonds. The van der Waals surface area contributed by atoms with Crippen LogP contribution in [-0.4, -0.2) is 15.9 Å². The summed E-state index contributed by atoms with van der Waals surface area (Å²) < 4.78 is 0. The number of hydrogen-bond donors (Lipinski definition) is 2. The normalized spacial score (nSPS) is 11.0. The number of carbonyl (C=O) groups is 1. The molecule has 2 N–H and O–H groups in total. The number of fused-ring (bicyclic) bond motifs is 1. The van der Waals surface area contributed by atoms with E-state index in [1.807, 2.05) is 62.4 Å². The van der Waals surface area contributed by atoms with E-state index in [0.29, 0.717) is 26.5 Å². The van der Waals surface area contributed by atoms with Crippen molar-refractivity contribution in [3.8, 4) is 11.4 Å². The lowest BCUT2D eigenvalue weighted by Gasteiger charge is -2.07. The fourth-order valence-electron chi connectivity index (χ4n) is 3.10. The highest BCUT2D eigenvalue weighted by Gasteiger charge is 2.20. The summed E-state index contributed by atoms with van der Waals surface area (Å²) in [5, 5.41) is 3.40. The second-order valence-corrected chi connectivity index (χ2v) is 7.79. The Bertz CT molecular complexity index is 1250. The molecule has 2 aromatic heterocycles. The van der Waals surface area contributed by atoms with Crippen molar-refractivity contribution in [1.82, 2.24) is 9.97 Å². The Morgan fingerprint density at radius 1 is 1.04 bits per heavy atom. The molecule has 4 rings (SSSR count). The monoisotopic (exact) mass is 389 g/mol. The number of amides is 1. The summed E-state index contributed by atoms with van der Waals surface area (Å²) >= 11 is 1.24. The lowest BCUT2D eigenvalue weighted by molar-refractivity contribution is 0.103. The number of aromatic amines is 1. The zero-order valence-corrected chi connectivity index (χ0v) is 16.6. The summed E-state index contributed by atoms with van der Waals surface area (Å²) in [5.74, 6) is 0.274. The second kappa shape index (κ2) is 7.05. The molecule has 0 aliphatic heterocycles. The molecule has 5 nitrogen and oxygen atoms in total. The average Bonchev–Trinajstić information content (AvgIpc) is 3.01. The Morgan fingerprint density at radius 2 is 1.75 bits per heavy atom. The number of thiophene rings is 1. The predicted molar refractivity (Wildman–Crippen MR) is 114 cm³/mol. The van der Waals surface area contributed by atoms with E-state index in [0.717, 1.165) is 22.4 Å². The maximum atomic E-state index is 12.8. The van der Waals surface area contributed by atoms with E-state index in [9.17, 15) is 9.59 Å². The van der Waals surface area contributed by atoms with Gasteiger partial charge in [0.1, 0.15) is 10.7 Å². The van der Waals surface area contributed by atoms with Crippen LogP contribution in [0.25, 0.3) is 21.6 Å². The summed E-state index contributed by atoms with van der Waals surface area (Å²) in [4.78, 5) is 34.0. The molecule has 0 bridgehead atoms. The third-order valence-electron chi connectivity index (χ3n) is 4.73. The molecule has 28 heavy (non-hydrogen) atoms. The van der Waals surface area contributed by atoms with Crippen LogP contribution in [0, 0.1) is 20.8 Å². The molecule has 0 unspecified atom stereocenters. The van der Waals surface area contributed by atoms with Gasteiger partial charge in [-0.1, -0.05) is 48.0 Å². The molecule has 2 heterocycles. The molecule has 4 aromatic rings. The number of benzene rings is 2. The first-order valence-electron chi connectivity index (χ1n) is 8.91. The van der Waals surface area contributed by atoms with E-state index in [1.54, 1.807) is 6.92 Å². The van der Waals surface area contributed by atoms with Gasteiger partial charge in [-0.3, -0.25) is 9.59 Å². The lowest BCUT2D eigenvalue weighted by Crippen LogP contribution is -2.13. The van der Waals surface area contributed by atoms with Crippen molar-refractivity contribution in [3.63, 3.8) is 0 Å². The summed E-state index contributed by atoms with van der Waals surface area (Å²) in [7, 11) is 0. The highest BCUT2D eigenvalue weighted by molar-refractivity contribution is 7.20. The molecule has 0 aliphatic rings. The number of nitrogens with zero attached hydrogens (tertiary/aromatic N) is 1. The maximum absolute atomic E-state index is 12.8. The van der Waals surface area contributed by atoms with Crippen molar-refractivity contribution in [2.24, 2.45) is 0 Å². The van der Waals surface area contributed by atoms with Crippen LogP contribution in [0.2, 0.25) is 0 Å². The average molecular weight is 389 g/mol. The van der Waals surface area contributed by atoms with Crippen molar-refractivity contribution in [1.29, 1.82) is 0 Å². The lowest BCUT2D eigenvalue weighted by atomic mass is 10.1. The van der Waals surface area contributed by atoms with Gasteiger partial charge in [-0.2, -0.15) is 0 Å². The van der Waals surface area contributed by atoms with E-state index in [-0.39, 0.29) is 11.5 Å². The molecule has 0 aliphatic carbocycles. The van der Waals surface area contributed by atoms with Crippen molar-refractivity contribution in [2.75, 3.05) is 5.32 Å². The molecule has 140 valence electrons. The summed E-state index contributed by atoms with van der Waals surface area (Å²) in [6, 6.07) is 15.4. The highest BCUT2D eigenvalue weighted by Crippen LogP contribution is 2.29. The number of rotatable bonds is 3. The van der Waals surface area contributed by atoms with Crippen LogP contribution in [0.4, 0.5) is 5.69 Å². The maximum Gasteiger partial charge on any atom is 0.266 e. The summed E-state index contributed by atoms with van der Waals surface area (Å²) in [6.45, 7) is 5.73. The Hall–Kier alpha value is -3.25. The van der Waals surface area contributed by atoms with Crippen molar-refractivity contribution in [2.45, 2.75) is 20.8 Å². The number of para-hydroxylation sites is 1. The standard InChI is InChI=1S/C22H19N3O2S/c1-12-8-10-15(11-9-12)19-24-20(26)17-14(3)18(28-22(17)25-19)21(27)23-16-7-5-4-6-13(16)2/h4-11H,1-3H3,(H,23,27)(H,24,25,26). The minimum atomic E-state index is -0.232. The van der Waals surface area contributed by atoms with Crippen molar-refractivity contribution >= 4 is 33.1 Å². The van der Waals surface area contributed by atoms with Crippen LogP contribution in [0.5, 0.6) is 0 Å². The Labute approximate surface area is 166 Å². The van der Waals surface area contributed by atoms with E-state index in [2.05, 4.69) is 15.3 Å². The van der Waals surface area contributed by atoms with E-state index in [4.69, 9.17) is 0 Å². The molecular formula is C22H19N3O2S. The number of aromatic nitrogens is 2. The molecule has 0 spiro atoms. The minimum Gasteiger partial charge on any atom is -0.321 e. The van der Waals surface area contributed by atoms with Gasteiger partial charge < -0.3 is 10.3 Å². The van der Waals surface area contributed by atoms with Gasteiger partial charge in [0.05, 0.1) is 10.3 Å². The number of aryl methyl sites for hydroxylation is 3. The molecule has 2 aromatic carbocycles. The first kappa shape index (κ1) is 18.1. The summed E-state index contributed by atoms with van der Waals surface area (Å²) in [6.07, 6.45) is 0. The summed E-state index contributed by atoms with van der Waals surface area (Å²) in [5.41, 5.74) is 4.12. The third-order valence-corrected chi connectivity index (χ3v) is 5.91. The first-order chi connectivity index (χ1) is 13.4. The van der Waals surface area contributed by atoms with Crippen molar-refractivity contribution < 1.29 is 4.79 Å². The second-order valence-electron chi connectivity index (χ2n) is 6.79. The topological polar surface area (TPSA) is 74.8 Å². The fraction of sp³-hybridized carbons (Fsp3) is 0.136. The largest absolute Gasteiger partial charge is 0.321 e. The first-order valence-corrected chi connectivity index (χ1v) is 9.73. The number of carbonyl (C=O) groups excluding carboxylic acids is 1. The fourth-order valence-corrected chi connectivity index (χ4v) is 4.18. The number of nitrogens with one attached hydrogen (secondary N) is 2. The molecule has 0 radical (unpaired) electrons. The molecular weight excluding hydrogens is 370 g/mol. The number of hydrogen-bond acceptors (Lipinski definition) is 4. The van der Waals surface area contributed by atoms with E-state index in [1.165, 1.54) is 11.3 Å². The number of anilines is 1. The predicted octanol–water partition coefficient (Wildman–Crippen LogP) is 4.83. The zero-order valence-electron chi connectivity index (χ0n) is 15.8. The van der Waals surface area contributed by atoms with Crippen LogP contribution < -0.4 is 10.9 Å².